The Morgan fingerprint density at radius 1 is 1.41 bits per heavy atom. The highest BCUT2D eigenvalue weighted by Crippen LogP contribution is 2.21. The number of hydrogen-bond acceptors (Lipinski definition) is 3. The minimum Gasteiger partial charge on any atom is -0.395 e. The Morgan fingerprint density at radius 2 is 2.00 bits per heavy atom. The smallest absolute Gasteiger partial charge is 0.226 e. The number of aliphatic hydroxyl groups is 1. The summed E-state index contributed by atoms with van der Waals surface area (Å²) < 4.78 is 0. The van der Waals surface area contributed by atoms with Gasteiger partial charge in [-0.3, -0.25) is 4.79 Å². The standard InChI is InChI=1S/C13H26N2O2/c1-4-12(5-2)15(6-7-16)13(17)10(3)11-8-14-9-11/h10-12,14,16H,4-9H2,1-3H3. The molecule has 4 nitrogen and oxygen atoms in total. The molecule has 4 heteroatoms. The zero-order valence-corrected chi connectivity index (χ0v) is 11.3. The number of nitrogens with one attached hydrogen (secondary N) is 1. The summed E-state index contributed by atoms with van der Waals surface area (Å²) in [6, 6.07) is 0.269. The van der Waals surface area contributed by atoms with Crippen LogP contribution in [0.4, 0.5) is 0 Å². The summed E-state index contributed by atoms with van der Waals surface area (Å²) in [7, 11) is 0. The summed E-state index contributed by atoms with van der Waals surface area (Å²) in [6.07, 6.45) is 1.91. The van der Waals surface area contributed by atoms with E-state index in [-0.39, 0.29) is 24.5 Å². The molecule has 0 aromatic carbocycles. The van der Waals surface area contributed by atoms with E-state index in [1.807, 2.05) is 11.8 Å². The topological polar surface area (TPSA) is 52.6 Å². The van der Waals surface area contributed by atoms with Gasteiger partial charge in [0.05, 0.1) is 6.61 Å². The summed E-state index contributed by atoms with van der Waals surface area (Å²) in [5.74, 6) is 0.751. The van der Waals surface area contributed by atoms with E-state index < -0.39 is 0 Å². The van der Waals surface area contributed by atoms with E-state index in [1.165, 1.54) is 0 Å². The third kappa shape index (κ3) is 3.42. The molecule has 1 fully saturated rings. The molecule has 0 aliphatic carbocycles. The van der Waals surface area contributed by atoms with Crippen LogP contribution in [-0.2, 0) is 4.79 Å². The molecule has 100 valence electrons. The lowest BCUT2D eigenvalue weighted by molar-refractivity contribution is -0.140. The highest BCUT2D eigenvalue weighted by atomic mass is 16.3. The molecule has 1 saturated heterocycles. The zero-order valence-electron chi connectivity index (χ0n) is 11.3. The molecule has 1 unspecified atom stereocenters. The van der Waals surface area contributed by atoms with Crippen molar-refractivity contribution >= 4 is 5.91 Å². The number of carbonyl (C=O) groups excluding carboxylic acids is 1. The molecule has 0 spiro atoms. The molecule has 0 radical (unpaired) electrons. The van der Waals surface area contributed by atoms with Crippen molar-refractivity contribution in [2.75, 3.05) is 26.2 Å². The Labute approximate surface area is 104 Å². The van der Waals surface area contributed by atoms with Crippen LogP contribution in [0.3, 0.4) is 0 Å². The summed E-state index contributed by atoms with van der Waals surface area (Å²) in [5.41, 5.74) is 0. The van der Waals surface area contributed by atoms with Gasteiger partial charge in [-0.2, -0.15) is 0 Å². The highest BCUT2D eigenvalue weighted by molar-refractivity contribution is 5.79. The first-order valence-corrected chi connectivity index (χ1v) is 6.77. The number of amides is 1. The first-order chi connectivity index (χ1) is 8.15. The normalized spacial score (nSPS) is 17.9. The minimum atomic E-state index is 0.0534. The average Bonchev–Trinajstić information content (AvgIpc) is 2.26. The van der Waals surface area contributed by atoms with Gasteiger partial charge in [0.1, 0.15) is 0 Å². The van der Waals surface area contributed by atoms with Gasteiger partial charge in [-0.15, -0.1) is 0 Å². The summed E-state index contributed by atoms with van der Waals surface area (Å²) in [4.78, 5) is 14.3. The second-order valence-corrected chi connectivity index (χ2v) is 4.93. The van der Waals surface area contributed by atoms with E-state index >= 15 is 0 Å². The molecule has 1 heterocycles. The van der Waals surface area contributed by atoms with Crippen molar-refractivity contribution in [3.8, 4) is 0 Å². The minimum absolute atomic E-state index is 0.0534. The molecule has 17 heavy (non-hydrogen) atoms. The van der Waals surface area contributed by atoms with E-state index in [4.69, 9.17) is 5.11 Å². The highest BCUT2D eigenvalue weighted by Gasteiger charge is 2.33. The predicted molar refractivity (Wildman–Crippen MR) is 68.7 cm³/mol. The van der Waals surface area contributed by atoms with Crippen molar-refractivity contribution in [2.24, 2.45) is 11.8 Å². The maximum absolute atomic E-state index is 12.4. The predicted octanol–water partition coefficient (Wildman–Crippen LogP) is 0.851. The summed E-state index contributed by atoms with van der Waals surface area (Å²) in [6.45, 7) is 8.63. The fourth-order valence-electron chi connectivity index (χ4n) is 2.44. The van der Waals surface area contributed by atoms with E-state index in [0.717, 1.165) is 25.9 Å². The number of carbonyl (C=O) groups is 1. The number of nitrogens with zero attached hydrogens (tertiary/aromatic N) is 1. The second kappa shape index (κ2) is 6.97. The van der Waals surface area contributed by atoms with Crippen molar-refractivity contribution in [1.29, 1.82) is 0 Å². The van der Waals surface area contributed by atoms with Crippen LogP contribution in [0.5, 0.6) is 0 Å². The molecule has 1 rings (SSSR count). The van der Waals surface area contributed by atoms with E-state index in [9.17, 15) is 4.79 Å². The lowest BCUT2D eigenvalue weighted by atomic mass is 9.87. The molecule has 1 aliphatic rings. The van der Waals surface area contributed by atoms with Gasteiger partial charge in [-0.1, -0.05) is 20.8 Å². The number of hydrogen-bond donors (Lipinski definition) is 2. The van der Waals surface area contributed by atoms with Crippen LogP contribution < -0.4 is 5.32 Å². The molecule has 1 atom stereocenters. The molecule has 0 aromatic rings. The van der Waals surface area contributed by atoms with E-state index in [0.29, 0.717) is 12.5 Å². The summed E-state index contributed by atoms with van der Waals surface area (Å²) >= 11 is 0. The fourth-order valence-corrected chi connectivity index (χ4v) is 2.44. The Morgan fingerprint density at radius 3 is 2.35 bits per heavy atom. The van der Waals surface area contributed by atoms with Crippen molar-refractivity contribution in [3.05, 3.63) is 0 Å². The lowest BCUT2D eigenvalue weighted by Gasteiger charge is -2.37. The fraction of sp³-hybridized carbons (Fsp3) is 0.923. The second-order valence-electron chi connectivity index (χ2n) is 4.93. The van der Waals surface area contributed by atoms with Gasteiger partial charge in [0, 0.05) is 18.5 Å². The molecular weight excluding hydrogens is 216 g/mol. The van der Waals surface area contributed by atoms with Gasteiger partial charge >= 0.3 is 0 Å². The van der Waals surface area contributed by atoms with Crippen LogP contribution in [-0.4, -0.2) is 48.2 Å². The first-order valence-electron chi connectivity index (χ1n) is 6.77. The van der Waals surface area contributed by atoms with Crippen molar-refractivity contribution in [1.82, 2.24) is 10.2 Å². The molecule has 1 amide bonds. The third-order valence-electron chi connectivity index (χ3n) is 3.92. The van der Waals surface area contributed by atoms with Gasteiger partial charge in [-0.25, -0.2) is 0 Å². The van der Waals surface area contributed by atoms with Crippen molar-refractivity contribution < 1.29 is 9.90 Å². The van der Waals surface area contributed by atoms with Gasteiger partial charge in [-0.05, 0) is 31.8 Å². The third-order valence-corrected chi connectivity index (χ3v) is 3.92. The van der Waals surface area contributed by atoms with Crippen LogP contribution in [0, 0.1) is 11.8 Å². The van der Waals surface area contributed by atoms with Crippen LogP contribution in [0.1, 0.15) is 33.6 Å². The van der Waals surface area contributed by atoms with Crippen LogP contribution in [0.25, 0.3) is 0 Å². The number of aliphatic hydroxyl groups excluding tert-OH is 1. The molecule has 0 aromatic heterocycles. The molecular formula is C13H26N2O2. The number of rotatable bonds is 7. The van der Waals surface area contributed by atoms with Gasteiger partial charge < -0.3 is 15.3 Å². The maximum Gasteiger partial charge on any atom is 0.226 e. The van der Waals surface area contributed by atoms with Gasteiger partial charge in [0.15, 0.2) is 0 Å². The van der Waals surface area contributed by atoms with Crippen molar-refractivity contribution in [3.63, 3.8) is 0 Å². The van der Waals surface area contributed by atoms with Gasteiger partial charge in [0.2, 0.25) is 5.91 Å². The molecule has 0 saturated carbocycles. The van der Waals surface area contributed by atoms with Crippen LogP contribution in [0.15, 0.2) is 0 Å². The summed E-state index contributed by atoms with van der Waals surface area (Å²) in [5, 5.41) is 12.3. The van der Waals surface area contributed by atoms with Gasteiger partial charge in [0.25, 0.3) is 0 Å². The van der Waals surface area contributed by atoms with E-state index in [1.54, 1.807) is 0 Å². The first kappa shape index (κ1) is 14.5. The van der Waals surface area contributed by atoms with Crippen LogP contribution in [0.2, 0.25) is 0 Å². The maximum atomic E-state index is 12.4. The quantitative estimate of drug-likeness (QED) is 0.696. The molecule has 0 bridgehead atoms. The Balaban J connectivity index is 2.63. The average molecular weight is 242 g/mol. The molecule has 1 aliphatic heterocycles. The lowest BCUT2D eigenvalue weighted by Crippen LogP contribution is -2.52. The molecule has 2 N–H and O–H groups in total. The monoisotopic (exact) mass is 242 g/mol. The largest absolute Gasteiger partial charge is 0.395 e. The Kier molecular flexibility index (Phi) is 5.92. The zero-order chi connectivity index (χ0) is 12.8. The Bertz CT molecular complexity index is 238. The van der Waals surface area contributed by atoms with E-state index in [2.05, 4.69) is 19.2 Å². The SMILES string of the molecule is CCC(CC)N(CCO)C(=O)C(C)C1CNC1. The van der Waals surface area contributed by atoms with Crippen LogP contribution >= 0.6 is 0 Å². The Hall–Kier alpha value is -0.610. The van der Waals surface area contributed by atoms with Crippen molar-refractivity contribution in [2.45, 2.75) is 39.7 Å².